The Hall–Kier alpha value is -2.55. The van der Waals surface area contributed by atoms with Crippen molar-refractivity contribution in [2.45, 2.75) is 26.4 Å². The fourth-order valence-corrected chi connectivity index (χ4v) is 1.83. The summed E-state index contributed by atoms with van der Waals surface area (Å²) in [6, 6.07) is 0.196. The highest BCUT2D eigenvalue weighted by Crippen LogP contribution is 2.14. The first-order valence-electron chi connectivity index (χ1n) is 7.42. The highest BCUT2D eigenvalue weighted by atomic mass is 16.3. The van der Waals surface area contributed by atoms with Crippen LogP contribution in [0.25, 0.3) is 0 Å². The lowest BCUT2D eigenvalue weighted by molar-refractivity contribution is 0.311. The smallest absolute Gasteiger partial charge is 0.232 e. The van der Waals surface area contributed by atoms with Crippen molar-refractivity contribution in [3.05, 3.63) is 24.3 Å². The van der Waals surface area contributed by atoms with Gasteiger partial charge in [0.05, 0.1) is 25.0 Å². The Morgan fingerprint density at radius 1 is 1.17 bits per heavy atom. The number of aliphatic hydroxyl groups excluding tert-OH is 1. The summed E-state index contributed by atoms with van der Waals surface area (Å²) < 4.78 is 0. The molecule has 0 atom stereocenters. The molecule has 0 aliphatic rings. The van der Waals surface area contributed by atoms with E-state index in [0.717, 1.165) is 5.69 Å². The van der Waals surface area contributed by atoms with E-state index in [2.05, 4.69) is 35.6 Å². The minimum atomic E-state index is 0.00338. The summed E-state index contributed by atoms with van der Waals surface area (Å²) in [4.78, 5) is 23.2. The molecule has 124 valence electrons. The lowest BCUT2D eigenvalue weighted by atomic mass is 10.4. The average molecular weight is 318 g/mol. The number of anilines is 3. The van der Waals surface area contributed by atoms with Gasteiger partial charge in [-0.1, -0.05) is 0 Å². The van der Waals surface area contributed by atoms with Crippen LogP contribution in [0.5, 0.6) is 0 Å². The van der Waals surface area contributed by atoms with Gasteiger partial charge in [0.1, 0.15) is 0 Å². The maximum atomic E-state index is 8.94. The summed E-state index contributed by atoms with van der Waals surface area (Å²) in [6.45, 7) is 4.92. The van der Waals surface area contributed by atoms with Gasteiger partial charge in [0, 0.05) is 32.0 Å². The predicted octanol–water partition coefficient (Wildman–Crippen LogP) is 0.522. The SMILES string of the molecule is CC(C)Nc1nc(NCCO)nc(N(C)Cc2cnccn2)n1. The molecule has 0 amide bonds. The first-order chi connectivity index (χ1) is 11.1. The third-order valence-electron chi connectivity index (χ3n) is 2.79. The molecule has 2 heterocycles. The summed E-state index contributed by atoms with van der Waals surface area (Å²) in [6.07, 6.45) is 4.99. The molecule has 0 aromatic carbocycles. The van der Waals surface area contributed by atoms with Crippen LogP contribution in [0.3, 0.4) is 0 Å². The molecule has 0 fully saturated rings. The zero-order chi connectivity index (χ0) is 16.7. The molecule has 0 bridgehead atoms. The second-order valence-electron chi connectivity index (χ2n) is 5.28. The minimum absolute atomic E-state index is 0.00338. The second kappa shape index (κ2) is 8.18. The van der Waals surface area contributed by atoms with Gasteiger partial charge >= 0.3 is 0 Å². The van der Waals surface area contributed by atoms with E-state index in [1.165, 1.54) is 0 Å². The van der Waals surface area contributed by atoms with Crippen LogP contribution in [-0.2, 0) is 6.54 Å². The molecular weight excluding hydrogens is 296 g/mol. The van der Waals surface area contributed by atoms with E-state index in [4.69, 9.17) is 5.11 Å². The van der Waals surface area contributed by atoms with Crippen molar-refractivity contribution in [3.8, 4) is 0 Å². The van der Waals surface area contributed by atoms with Gasteiger partial charge in [-0.15, -0.1) is 0 Å². The number of hydrogen-bond acceptors (Lipinski definition) is 9. The van der Waals surface area contributed by atoms with E-state index in [0.29, 0.717) is 30.9 Å². The molecule has 0 radical (unpaired) electrons. The predicted molar refractivity (Wildman–Crippen MR) is 88.3 cm³/mol. The number of aliphatic hydroxyl groups is 1. The first kappa shape index (κ1) is 16.8. The Labute approximate surface area is 135 Å². The first-order valence-corrected chi connectivity index (χ1v) is 7.42. The number of nitrogens with one attached hydrogen (secondary N) is 2. The summed E-state index contributed by atoms with van der Waals surface area (Å²) >= 11 is 0. The Balaban J connectivity index is 2.20. The number of nitrogens with zero attached hydrogens (tertiary/aromatic N) is 6. The monoisotopic (exact) mass is 318 g/mol. The van der Waals surface area contributed by atoms with Crippen molar-refractivity contribution >= 4 is 17.8 Å². The summed E-state index contributed by atoms with van der Waals surface area (Å²) in [5.74, 6) is 1.41. The molecule has 23 heavy (non-hydrogen) atoms. The van der Waals surface area contributed by atoms with Crippen molar-refractivity contribution < 1.29 is 5.11 Å². The van der Waals surface area contributed by atoms with Gasteiger partial charge in [0.2, 0.25) is 17.8 Å². The standard InChI is InChI=1S/C14H22N8O/c1-10(2)18-13-19-12(17-6-7-23)20-14(21-13)22(3)9-11-8-15-4-5-16-11/h4-5,8,10,23H,6-7,9H2,1-3H3,(H2,17,18,19,20,21). The zero-order valence-corrected chi connectivity index (χ0v) is 13.6. The topological polar surface area (TPSA) is 112 Å². The number of rotatable bonds is 8. The van der Waals surface area contributed by atoms with Crippen molar-refractivity contribution in [1.29, 1.82) is 0 Å². The van der Waals surface area contributed by atoms with E-state index < -0.39 is 0 Å². The lowest BCUT2D eigenvalue weighted by Gasteiger charge is -2.18. The van der Waals surface area contributed by atoms with Gasteiger partial charge in [-0.2, -0.15) is 15.0 Å². The zero-order valence-electron chi connectivity index (χ0n) is 13.6. The highest BCUT2D eigenvalue weighted by Gasteiger charge is 2.12. The largest absolute Gasteiger partial charge is 0.395 e. The Kier molecular flexibility index (Phi) is 5.98. The summed E-state index contributed by atoms with van der Waals surface area (Å²) in [5.41, 5.74) is 0.818. The maximum Gasteiger partial charge on any atom is 0.232 e. The molecular formula is C14H22N8O. The average Bonchev–Trinajstić information content (AvgIpc) is 2.53. The number of hydrogen-bond donors (Lipinski definition) is 3. The van der Waals surface area contributed by atoms with E-state index >= 15 is 0 Å². The van der Waals surface area contributed by atoms with Gasteiger partial charge in [0.25, 0.3) is 0 Å². The van der Waals surface area contributed by atoms with Crippen molar-refractivity contribution in [2.75, 3.05) is 35.7 Å². The van der Waals surface area contributed by atoms with Crippen molar-refractivity contribution in [1.82, 2.24) is 24.9 Å². The highest BCUT2D eigenvalue weighted by molar-refractivity contribution is 5.43. The fourth-order valence-electron chi connectivity index (χ4n) is 1.83. The molecule has 2 rings (SSSR count). The maximum absolute atomic E-state index is 8.94. The molecule has 0 aliphatic heterocycles. The molecule has 0 spiro atoms. The van der Waals surface area contributed by atoms with Crippen LogP contribution >= 0.6 is 0 Å². The normalized spacial score (nSPS) is 10.7. The second-order valence-corrected chi connectivity index (χ2v) is 5.28. The van der Waals surface area contributed by atoms with E-state index in [9.17, 15) is 0 Å². The minimum Gasteiger partial charge on any atom is -0.395 e. The van der Waals surface area contributed by atoms with Crippen LogP contribution in [0.4, 0.5) is 17.8 Å². The quantitative estimate of drug-likeness (QED) is 0.641. The molecule has 0 saturated carbocycles. The lowest BCUT2D eigenvalue weighted by Crippen LogP contribution is -2.23. The van der Waals surface area contributed by atoms with Gasteiger partial charge < -0.3 is 20.6 Å². The van der Waals surface area contributed by atoms with E-state index in [-0.39, 0.29) is 12.6 Å². The molecule has 9 heteroatoms. The molecule has 0 unspecified atom stereocenters. The third-order valence-corrected chi connectivity index (χ3v) is 2.79. The van der Waals surface area contributed by atoms with Crippen LogP contribution in [0.15, 0.2) is 18.6 Å². The Bertz CT molecular complexity index is 607. The van der Waals surface area contributed by atoms with Crippen LogP contribution in [0, 0.1) is 0 Å². The van der Waals surface area contributed by atoms with Gasteiger partial charge in [-0.05, 0) is 13.8 Å². The third kappa shape index (κ3) is 5.29. The Morgan fingerprint density at radius 2 is 1.96 bits per heavy atom. The molecule has 2 aromatic rings. The van der Waals surface area contributed by atoms with Gasteiger partial charge in [-0.25, -0.2) is 0 Å². The van der Waals surface area contributed by atoms with Crippen LogP contribution in [-0.4, -0.2) is 56.3 Å². The van der Waals surface area contributed by atoms with Crippen LogP contribution in [0.2, 0.25) is 0 Å². The van der Waals surface area contributed by atoms with Crippen molar-refractivity contribution in [2.24, 2.45) is 0 Å². The number of aromatic nitrogens is 5. The van der Waals surface area contributed by atoms with Crippen LogP contribution < -0.4 is 15.5 Å². The van der Waals surface area contributed by atoms with Crippen LogP contribution in [0.1, 0.15) is 19.5 Å². The molecule has 9 nitrogen and oxygen atoms in total. The van der Waals surface area contributed by atoms with Crippen molar-refractivity contribution in [3.63, 3.8) is 0 Å². The molecule has 0 saturated heterocycles. The fraction of sp³-hybridized carbons (Fsp3) is 0.500. The molecule has 3 N–H and O–H groups in total. The molecule has 0 aliphatic carbocycles. The van der Waals surface area contributed by atoms with E-state index in [1.807, 2.05) is 25.8 Å². The van der Waals surface area contributed by atoms with E-state index in [1.54, 1.807) is 18.6 Å². The molecule has 2 aromatic heterocycles. The summed E-state index contributed by atoms with van der Waals surface area (Å²) in [7, 11) is 1.87. The summed E-state index contributed by atoms with van der Waals surface area (Å²) in [5, 5.41) is 15.1. The Morgan fingerprint density at radius 3 is 2.61 bits per heavy atom. The van der Waals surface area contributed by atoms with Gasteiger partial charge in [0.15, 0.2) is 0 Å². The van der Waals surface area contributed by atoms with Gasteiger partial charge in [-0.3, -0.25) is 9.97 Å².